The third kappa shape index (κ3) is 3.29. The molecule has 0 saturated heterocycles. The number of aromatic nitrogens is 1. The Morgan fingerprint density at radius 2 is 1.87 bits per heavy atom. The van der Waals surface area contributed by atoms with E-state index >= 15 is 0 Å². The van der Waals surface area contributed by atoms with Gasteiger partial charge in [0.1, 0.15) is 0 Å². The molecule has 0 fully saturated rings. The molecule has 1 atom stereocenters. The number of hydrogen-bond acceptors (Lipinski definition) is 3. The second-order valence-electron chi connectivity index (χ2n) is 3.59. The van der Waals surface area contributed by atoms with Crippen molar-refractivity contribution in [3.8, 4) is 0 Å². The van der Waals surface area contributed by atoms with E-state index in [2.05, 4.69) is 35.9 Å². The zero-order valence-electron chi connectivity index (χ0n) is 9.69. The van der Waals surface area contributed by atoms with Gasteiger partial charge in [-0.25, -0.2) is 0 Å². The van der Waals surface area contributed by atoms with Gasteiger partial charge in [0.25, 0.3) is 0 Å². The van der Waals surface area contributed by atoms with Crippen LogP contribution in [0.2, 0.25) is 0 Å². The van der Waals surface area contributed by atoms with Crippen molar-refractivity contribution in [2.45, 2.75) is 26.3 Å². The lowest BCUT2D eigenvalue weighted by atomic mass is 10.0. The summed E-state index contributed by atoms with van der Waals surface area (Å²) < 4.78 is 0. The van der Waals surface area contributed by atoms with E-state index < -0.39 is 0 Å². The number of pyridine rings is 1. The Morgan fingerprint density at radius 1 is 1.27 bits per heavy atom. The largest absolute Gasteiger partial charge is 0.330 e. The van der Waals surface area contributed by atoms with E-state index in [0.29, 0.717) is 6.04 Å². The van der Waals surface area contributed by atoms with Crippen molar-refractivity contribution in [2.24, 2.45) is 5.73 Å². The molecule has 0 aliphatic heterocycles. The molecule has 0 radical (unpaired) electrons. The van der Waals surface area contributed by atoms with Crippen molar-refractivity contribution >= 4 is 0 Å². The van der Waals surface area contributed by atoms with E-state index in [-0.39, 0.29) is 0 Å². The van der Waals surface area contributed by atoms with Gasteiger partial charge in [-0.2, -0.15) is 0 Å². The molecule has 1 rings (SSSR count). The van der Waals surface area contributed by atoms with Crippen molar-refractivity contribution < 1.29 is 0 Å². The van der Waals surface area contributed by atoms with E-state index in [9.17, 15) is 0 Å². The molecule has 3 heteroatoms. The molecule has 0 saturated carbocycles. The van der Waals surface area contributed by atoms with Gasteiger partial charge in [0.2, 0.25) is 0 Å². The smallest absolute Gasteiger partial charge is 0.0361 e. The fourth-order valence-corrected chi connectivity index (χ4v) is 1.97. The zero-order chi connectivity index (χ0) is 11.1. The van der Waals surface area contributed by atoms with Gasteiger partial charge in [-0.05, 0) is 43.8 Å². The number of hydrogen-bond donors (Lipinski definition) is 1. The molecule has 0 aliphatic carbocycles. The molecule has 0 amide bonds. The molecule has 1 heterocycles. The Kier molecular flexibility index (Phi) is 5.29. The Hall–Kier alpha value is -0.930. The second-order valence-corrected chi connectivity index (χ2v) is 3.59. The molecule has 1 aromatic heterocycles. The summed E-state index contributed by atoms with van der Waals surface area (Å²) in [4.78, 5) is 6.48. The summed E-state index contributed by atoms with van der Waals surface area (Å²) in [5, 5.41) is 0. The average Bonchev–Trinajstić information content (AvgIpc) is 2.30. The highest BCUT2D eigenvalue weighted by Crippen LogP contribution is 2.22. The van der Waals surface area contributed by atoms with E-state index in [0.717, 1.165) is 26.1 Å². The van der Waals surface area contributed by atoms with Gasteiger partial charge in [-0.15, -0.1) is 0 Å². The van der Waals surface area contributed by atoms with Crippen LogP contribution >= 0.6 is 0 Å². The van der Waals surface area contributed by atoms with Crippen LogP contribution in [0.5, 0.6) is 0 Å². The lowest BCUT2D eigenvalue weighted by Crippen LogP contribution is -2.30. The van der Waals surface area contributed by atoms with E-state index in [1.807, 2.05) is 12.4 Å². The van der Waals surface area contributed by atoms with E-state index in [4.69, 9.17) is 5.73 Å². The highest BCUT2D eigenvalue weighted by atomic mass is 15.1. The van der Waals surface area contributed by atoms with Crippen LogP contribution in [0, 0.1) is 0 Å². The molecule has 1 unspecified atom stereocenters. The van der Waals surface area contributed by atoms with Crippen LogP contribution in [0.25, 0.3) is 0 Å². The number of nitrogens with zero attached hydrogens (tertiary/aromatic N) is 2. The predicted octanol–water partition coefficient (Wildman–Crippen LogP) is 1.81. The van der Waals surface area contributed by atoms with Crippen molar-refractivity contribution in [3.05, 3.63) is 30.1 Å². The Bertz CT molecular complexity index is 257. The molecule has 1 aromatic rings. The monoisotopic (exact) mass is 207 g/mol. The maximum Gasteiger partial charge on any atom is 0.0361 e. The summed E-state index contributed by atoms with van der Waals surface area (Å²) >= 11 is 0. The molecule has 15 heavy (non-hydrogen) atoms. The topological polar surface area (TPSA) is 42.1 Å². The average molecular weight is 207 g/mol. The van der Waals surface area contributed by atoms with Crippen molar-refractivity contribution in [3.63, 3.8) is 0 Å². The Morgan fingerprint density at radius 3 is 2.33 bits per heavy atom. The minimum Gasteiger partial charge on any atom is -0.330 e. The molecule has 84 valence electrons. The van der Waals surface area contributed by atoms with Crippen LogP contribution in [0.1, 0.15) is 31.9 Å². The minimum atomic E-state index is 0.438. The Balaban J connectivity index is 2.81. The maximum atomic E-state index is 5.67. The first-order valence-electron chi connectivity index (χ1n) is 5.67. The fourth-order valence-electron chi connectivity index (χ4n) is 1.97. The van der Waals surface area contributed by atoms with Gasteiger partial charge < -0.3 is 5.73 Å². The van der Waals surface area contributed by atoms with Crippen LogP contribution in [-0.4, -0.2) is 29.5 Å². The van der Waals surface area contributed by atoms with Gasteiger partial charge in [-0.1, -0.05) is 13.8 Å². The SMILES string of the molecule is CCN(CC)C(CCN)c1ccncc1. The van der Waals surface area contributed by atoms with Crippen molar-refractivity contribution in [1.82, 2.24) is 9.88 Å². The highest BCUT2D eigenvalue weighted by molar-refractivity contribution is 5.15. The van der Waals surface area contributed by atoms with Gasteiger partial charge in [0.05, 0.1) is 0 Å². The van der Waals surface area contributed by atoms with Gasteiger partial charge in [0, 0.05) is 18.4 Å². The number of rotatable bonds is 6. The summed E-state index contributed by atoms with van der Waals surface area (Å²) in [5.74, 6) is 0. The lowest BCUT2D eigenvalue weighted by molar-refractivity contribution is 0.210. The van der Waals surface area contributed by atoms with Gasteiger partial charge in [0.15, 0.2) is 0 Å². The molecule has 0 aromatic carbocycles. The second kappa shape index (κ2) is 6.53. The molecule has 0 aliphatic rings. The summed E-state index contributed by atoms with van der Waals surface area (Å²) in [6.45, 7) is 7.22. The Labute approximate surface area is 92.3 Å². The van der Waals surface area contributed by atoms with E-state index in [1.165, 1.54) is 5.56 Å². The molecule has 3 nitrogen and oxygen atoms in total. The van der Waals surface area contributed by atoms with Crippen LogP contribution in [0.3, 0.4) is 0 Å². The zero-order valence-corrected chi connectivity index (χ0v) is 9.69. The van der Waals surface area contributed by atoms with Gasteiger partial charge >= 0.3 is 0 Å². The molecule has 0 bridgehead atoms. The van der Waals surface area contributed by atoms with Crippen molar-refractivity contribution in [2.75, 3.05) is 19.6 Å². The summed E-state index contributed by atoms with van der Waals surface area (Å²) in [7, 11) is 0. The molecular formula is C12H21N3. The first kappa shape index (κ1) is 12.1. The summed E-state index contributed by atoms with van der Waals surface area (Å²) in [6.07, 6.45) is 4.70. The lowest BCUT2D eigenvalue weighted by Gasteiger charge is -2.29. The summed E-state index contributed by atoms with van der Waals surface area (Å²) in [6, 6.07) is 4.60. The van der Waals surface area contributed by atoms with E-state index in [1.54, 1.807) is 0 Å². The standard InChI is InChI=1S/C12H21N3/c1-3-15(4-2)12(5-8-13)11-6-9-14-10-7-11/h6-7,9-10,12H,3-5,8,13H2,1-2H3. The molecule has 2 N–H and O–H groups in total. The van der Waals surface area contributed by atoms with Crippen LogP contribution in [-0.2, 0) is 0 Å². The predicted molar refractivity (Wildman–Crippen MR) is 63.6 cm³/mol. The third-order valence-electron chi connectivity index (χ3n) is 2.78. The maximum absolute atomic E-state index is 5.67. The molecular weight excluding hydrogens is 186 g/mol. The summed E-state index contributed by atoms with van der Waals surface area (Å²) in [5.41, 5.74) is 6.99. The van der Waals surface area contributed by atoms with Crippen molar-refractivity contribution in [1.29, 1.82) is 0 Å². The van der Waals surface area contributed by atoms with Crippen LogP contribution in [0.4, 0.5) is 0 Å². The quantitative estimate of drug-likeness (QED) is 0.773. The number of nitrogens with two attached hydrogens (primary N) is 1. The first-order chi connectivity index (χ1) is 7.33. The normalized spacial score (nSPS) is 13.1. The fraction of sp³-hybridized carbons (Fsp3) is 0.583. The highest BCUT2D eigenvalue weighted by Gasteiger charge is 2.16. The van der Waals surface area contributed by atoms with Crippen LogP contribution < -0.4 is 5.73 Å². The molecule has 0 spiro atoms. The third-order valence-corrected chi connectivity index (χ3v) is 2.78. The van der Waals surface area contributed by atoms with Gasteiger partial charge in [-0.3, -0.25) is 9.88 Å². The van der Waals surface area contributed by atoms with Crippen LogP contribution in [0.15, 0.2) is 24.5 Å². The minimum absolute atomic E-state index is 0.438. The first-order valence-corrected chi connectivity index (χ1v) is 5.67.